The maximum Gasteiger partial charge on any atom is 0.260 e. The van der Waals surface area contributed by atoms with E-state index in [9.17, 15) is 9.59 Å². The third kappa shape index (κ3) is 3.72. The molecule has 10 heteroatoms. The summed E-state index contributed by atoms with van der Waals surface area (Å²) in [4.78, 5) is 35.8. The molecular formula is C19H15N7O3. The van der Waals surface area contributed by atoms with Crippen LogP contribution in [0.2, 0.25) is 0 Å². The first-order chi connectivity index (χ1) is 14.0. The number of ether oxygens (including phenoxy) is 1. The van der Waals surface area contributed by atoms with Crippen molar-refractivity contribution in [2.45, 2.75) is 0 Å². The summed E-state index contributed by atoms with van der Waals surface area (Å²) in [6.45, 7) is 0. The predicted octanol–water partition coefficient (Wildman–Crippen LogP) is 1.52. The van der Waals surface area contributed by atoms with Crippen LogP contribution in [0.4, 0.5) is 0 Å². The van der Waals surface area contributed by atoms with Crippen molar-refractivity contribution in [1.82, 2.24) is 29.9 Å². The van der Waals surface area contributed by atoms with Gasteiger partial charge in [0.05, 0.1) is 11.9 Å². The van der Waals surface area contributed by atoms with Crippen molar-refractivity contribution in [3.05, 3.63) is 71.0 Å². The summed E-state index contributed by atoms with van der Waals surface area (Å²) >= 11 is 0. The Morgan fingerprint density at radius 2 is 2.03 bits per heavy atom. The summed E-state index contributed by atoms with van der Waals surface area (Å²) in [5, 5.41) is 8.26. The highest BCUT2D eigenvalue weighted by Crippen LogP contribution is 2.32. The molecule has 3 N–H and O–H groups in total. The number of H-pyrrole nitrogens is 1. The van der Waals surface area contributed by atoms with Crippen LogP contribution in [0.3, 0.4) is 0 Å². The molecule has 0 spiro atoms. The van der Waals surface area contributed by atoms with Crippen LogP contribution in [0, 0.1) is 0 Å². The Kier molecular flexibility index (Phi) is 4.57. The average Bonchev–Trinajstić information content (AvgIpc) is 3.15. The van der Waals surface area contributed by atoms with Crippen LogP contribution in [0.15, 0.2) is 59.9 Å². The summed E-state index contributed by atoms with van der Waals surface area (Å²) in [6.07, 6.45) is 6.23. The van der Waals surface area contributed by atoms with Gasteiger partial charge in [0.15, 0.2) is 5.75 Å². The van der Waals surface area contributed by atoms with Crippen molar-refractivity contribution in [2.24, 2.45) is 12.8 Å². The second kappa shape index (κ2) is 7.35. The zero-order valence-electron chi connectivity index (χ0n) is 15.2. The lowest BCUT2D eigenvalue weighted by Gasteiger charge is -2.11. The number of aromatic amines is 1. The van der Waals surface area contributed by atoms with Crippen molar-refractivity contribution in [3.63, 3.8) is 0 Å². The van der Waals surface area contributed by atoms with E-state index in [0.717, 1.165) is 0 Å². The number of carbonyl (C=O) groups excluding carboxylic acids is 1. The second-order valence-corrected chi connectivity index (χ2v) is 6.04. The summed E-state index contributed by atoms with van der Waals surface area (Å²) < 4.78 is 6.00. The van der Waals surface area contributed by atoms with Gasteiger partial charge in [0.25, 0.3) is 11.5 Å². The minimum absolute atomic E-state index is 0.159. The number of pyridine rings is 3. The van der Waals surface area contributed by atoms with E-state index in [1.54, 1.807) is 49.9 Å². The van der Waals surface area contributed by atoms with E-state index in [4.69, 9.17) is 10.5 Å². The molecule has 1 amide bonds. The number of hydrogen-bond acceptors (Lipinski definition) is 7. The van der Waals surface area contributed by atoms with Crippen molar-refractivity contribution in [2.75, 3.05) is 0 Å². The Morgan fingerprint density at radius 1 is 1.17 bits per heavy atom. The maximum atomic E-state index is 11.8. The molecule has 0 bridgehead atoms. The van der Waals surface area contributed by atoms with Crippen LogP contribution in [0.25, 0.3) is 22.6 Å². The molecule has 0 aromatic carbocycles. The summed E-state index contributed by atoms with van der Waals surface area (Å²) in [6, 6.07) is 8.23. The van der Waals surface area contributed by atoms with Gasteiger partial charge in [-0.2, -0.15) is 15.0 Å². The van der Waals surface area contributed by atoms with Crippen LogP contribution in [-0.2, 0) is 7.05 Å². The summed E-state index contributed by atoms with van der Waals surface area (Å²) in [5.41, 5.74) is 6.66. The van der Waals surface area contributed by atoms with Gasteiger partial charge < -0.3 is 15.5 Å². The minimum Gasteiger partial charge on any atom is -0.455 e. The van der Waals surface area contributed by atoms with Crippen LogP contribution in [0.5, 0.6) is 11.5 Å². The molecule has 0 aliphatic heterocycles. The van der Waals surface area contributed by atoms with E-state index in [1.165, 1.54) is 17.1 Å². The van der Waals surface area contributed by atoms with E-state index < -0.39 is 11.5 Å². The average molecular weight is 389 g/mol. The molecule has 0 saturated carbocycles. The highest BCUT2D eigenvalue weighted by atomic mass is 16.5. The van der Waals surface area contributed by atoms with Gasteiger partial charge in [-0.1, -0.05) is 0 Å². The van der Waals surface area contributed by atoms with Gasteiger partial charge >= 0.3 is 0 Å². The van der Waals surface area contributed by atoms with Gasteiger partial charge in [0.2, 0.25) is 0 Å². The lowest BCUT2D eigenvalue weighted by molar-refractivity contribution is 0.0999. The first-order valence-corrected chi connectivity index (χ1v) is 8.50. The molecule has 0 saturated heterocycles. The van der Waals surface area contributed by atoms with Crippen molar-refractivity contribution >= 4 is 5.91 Å². The van der Waals surface area contributed by atoms with Gasteiger partial charge in [-0.25, -0.2) is 0 Å². The highest BCUT2D eigenvalue weighted by Gasteiger charge is 2.14. The smallest absolute Gasteiger partial charge is 0.260 e. The first kappa shape index (κ1) is 18.0. The number of amides is 1. The topological polar surface area (TPSA) is 142 Å². The number of nitrogens with two attached hydrogens (primary N) is 1. The van der Waals surface area contributed by atoms with Crippen molar-refractivity contribution in [1.29, 1.82) is 0 Å². The van der Waals surface area contributed by atoms with Gasteiger partial charge in [-0.15, -0.1) is 0 Å². The molecule has 0 radical (unpaired) electrons. The van der Waals surface area contributed by atoms with Crippen LogP contribution < -0.4 is 16.0 Å². The number of hydrogen-bond donors (Lipinski definition) is 2. The van der Waals surface area contributed by atoms with Gasteiger partial charge in [0.1, 0.15) is 22.7 Å². The largest absolute Gasteiger partial charge is 0.455 e. The third-order valence-electron chi connectivity index (χ3n) is 4.03. The van der Waals surface area contributed by atoms with Gasteiger partial charge in [-0.3, -0.25) is 19.6 Å². The Hall–Kier alpha value is -4.34. The number of primary amides is 1. The zero-order chi connectivity index (χ0) is 20.4. The van der Waals surface area contributed by atoms with E-state index in [1.807, 2.05) is 0 Å². The number of rotatable bonds is 5. The van der Waals surface area contributed by atoms with Crippen LogP contribution >= 0.6 is 0 Å². The normalized spacial score (nSPS) is 10.7. The molecule has 4 rings (SSSR count). The molecule has 144 valence electrons. The Bertz CT molecular complexity index is 1260. The molecule has 4 aromatic heterocycles. The maximum absolute atomic E-state index is 11.8. The second-order valence-electron chi connectivity index (χ2n) is 6.04. The number of aryl methyl sites for hydroxylation is 1. The Morgan fingerprint density at radius 3 is 2.79 bits per heavy atom. The summed E-state index contributed by atoms with van der Waals surface area (Å²) in [7, 11) is 1.72. The van der Waals surface area contributed by atoms with E-state index >= 15 is 0 Å². The predicted molar refractivity (Wildman–Crippen MR) is 103 cm³/mol. The molecule has 0 unspecified atom stereocenters. The van der Waals surface area contributed by atoms with E-state index in [-0.39, 0.29) is 5.56 Å². The Labute approximate surface area is 164 Å². The quantitative estimate of drug-likeness (QED) is 0.527. The molecule has 10 nitrogen and oxygen atoms in total. The van der Waals surface area contributed by atoms with E-state index in [2.05, 4.69) is 25.1 Å². The van der Waals surface area contributed by atoms with Crippen LogP contribution in [-0.4, -0.2) is 35.9 Å². The zero-order valence-corrected chi connectivity index (χ0v) is 15.2. The molecular weight excluding hydrogens is 374 g/mol. The van der Waals surface area contributed by atoms with Crippen LogP contribution in [0.1, 0.15) is 10.4 Å². The van der Waals surface area contributed by atoms with Crippen molar-refractivity contribution in [3.8, 4) is 34.1 Å². The molecule has 29 heavy (non-hydrogen) atoms. The molecule has 4 heterocycles. The highest BCUT2D eigenvalue weighted by molar-refractivity contribution is 5.93. The molecule has 0 fully saturated rings. The lowest BCUT2D eigenvalue weighted by Crippen LogP contribution is -2.23. The first-order valence-electron chi connectivity index (χ1n) is 8.50. The minimum atomic E-state index is -0.825. The monoisotopic (exact) mass is 389 g/mol. The summed E-state index contributed by atoms with van der Waals surface area (Å²) in [5.74, 6) is 0.106. The van der Waals surface area contributed by atoms with Gasteiger partial charge in [0, 0.05) is 37.3 Å². The fraction of sp³-hybridized carbons (Fsp3) is 0.0526. The molecule has 0 aliphatic rings. The number of carbonyl (C=O) groups is 1. The third-order valence-corrected chi connectivity index (χ3v) is 4.03. The van der Waals surface area contributed by atoms with Gasteiger partial charge in [-0.05, 0) is 24.3 Å². The molecule has 4 aromatic rings. The molecule has 0 atom stereocenters. The van der Waals surface area contributed by atoms with Crippen molar-refractivity contribution < 1.29 is 9.53 Å². The van der Waals surface area contributed by atoms with E-state index in [0.29, 0.717) is 34.1 Å². The number of aromatic nitrogens is 6. The standard InChI is InChI=1S/C19H15N7O3/c1-26-24-10-15(25-26)14-8-12(4-6-21-14)29-16-3-2-5-22-17(16)11-7-13(18(20)27)19(28)23-9-11/h2-10H,1H3,(H2,20,27)(H,23,28). The molecule has 0 aliphatic carbocycles. The fourth-order valence-corrected chi connectivity index (χ4v) is 2.70. The lowest BCUT2D eigenvalue weighted by atomic mass is 10.1. The fourth-order valence-electron chi connectivity index (χ4n) is 2.70. The Balaban J connectivity index is 1.71. The SMILES string of the molecule is Cn1ncc(-c2cc(Oc3cccnc3-c3c[nH]c(=O)c(C(N)=O)c3)ccn2)n1. The number of nitrogens with zero attached hydrogens (tertiary/aromatic N) is 5. The number of nitrogens with one attached hydrogen (secondary N) is 1.